The van der Waals surface area contributed by atoms with Gasteiger partial charge in [-0.2, -0.15) is 0 Å². The fourth-order valence-electron chi connectivity index (χ4n) is 2.72. The van der Waals surface area contributed by atoms with Gasteiger partial charge < -0.3 is 14.4 Å². The summed E-state index contributed by atoms with van der Waals surface area (Å²) in [6, 6.07) is 9.25. The average Bonchev–Trinajstić information content (AvgIpc) is 2.65. The van der Waals surface area contributed by atoms with Crippen molar-refractivity contribution in [3.8, 4) is 5.75 Å². The SMILES string of the molecule is Cc1ccc(Cl)c(OC(=O)c2cc([N+](=O)[O-])ccc2N2CCOCC2)c1. The molecular formula is C18H17ClN2O5. The zero-order valence-corrected chi connectivity index (χ0v) is 14.9. The molecule has 0 bridgehead atoms. The van der Waals surface area contributed by atoms with Gasteiger partial charge in [-0.3, -0.25) is 10.1 Å². The third kappa shape index (κ3) is 3.95. The lowest BCUT2D eigenvalue weighted by Gasteiger charge is -2.30. The van der Waals surface area contributed by atoms with Crippen LogP contribution in [0.1, 0.15) is 15.9 Å². The Morgan fingerprint density at radius 3 is 2.65 bits per heavy atom. The Morgan fingerprint density at radius 2 is 1.96 bits per heavy atom. The van der Waals surface area contributed by atoms with Gasteiger partial charge in [0.05, 0.1) is 34.4 Å². The molecule has 136 valence electrons. The van der Waals surface area contributed by atoms with Crippen molar-refractivity contribution in [2.75, 3.05) is 31.2 Å². The van der Waals surface area contributed by atoms with Crippen LogP contribution >= 0.6 is 11.6 Å². The lowest BCUT2D eigenvalue weighted by Crippen LogP contribution is -2.37. The standard InChI is InChI=1S/C18H17ClN2O5/c1-12-2-4-15(19)17(10-12)26-18(22)14-11-13(21(23)24)3-5-16(14)20-6-8-25-9-7-20/h2-5,10-11H,6-9H2,1H3. The highest BCUT2D eigenvalue weighted by molar-refractivity contribution is 6.32. The van der Waals surface area contributed by atoms with E-state index in [1.54, 1.807) is 24.3 Å². The summed E-state index contributed by atoms with van der Waals surface area (Å²) in [5, 5.41) is 11.4. The van der Waals surface area contributed by atoms with Crippen LogP contribution in [-0.4, -0.2) is 37.2 Å². The molecule has 1 heterocycles. The Hall–Kier alpha value is -2.64. The lowest BCUT2D eigenvalue weighted by molar-refractivity contribution is -0.384. The number of carbonyl (C=O) groups excluding carboxylic acids is 1. The summed E-state index contributed by atoms with van der Waals surface area (Å²) in [4.78, 5) is 25.3. The molecule has 1 aliphatic heterocycles. The number of nitrogens with zero attached hydrogens (tertiary/aromatic N) is 2. The van der Waals surface area contributed by atoms with Crippen molar-refractivity contribution in [2.45, 2.75) is 6.92 Å². The first-order valence-electron chi connectivity index (χ1n) is 8.05. The van der Waals surface area contributed by atoms with Crippen LogP contribution in [0.15, 0.2) is 36.4 Å². The molecular weight excluding hydrogens is 360 g/mol. The molecule has 0 spiro atoms. The third-order valence-electron chi connectivity index (χ3n) is 4.05. The van der Waals surface area contributed by atoms with E-state index < -0.39 is 10.9 Å². The van der Waals surface area contributed by atoms with Crippen molar-refractivity contribution in [3.05, 3.63) is 62.7 Å². The van der Waals surface area contributed by atoms with Gasteiger partial charge in [-0.1, -0.05) is 17.7 Å². The number of aryl methyl sites for hydroxylation is 1. The number of hydrogen-bond acceptors (Lipinski definition) is 6. The van der Waals surface area contributed by atoms with Gasteiger partial charge in [0.15, 0.2) is 0 Å². The summed E-state index contributed by atoms with van der Waals surface area (Å²) < 4.78 is 10.8. The van der Waals surface area contributed by atoms with Gasteiger partial charge >= 0.3 is 5.97 Å². The first-order valence-corrected chi connectivity index (χ1v) is 8.43. The van der Waals surface area contributed by atoms with Crippen LogP contribution < -0.4 is 9.64 Å². The van der Waals surface area contributed by atoms with Gasteiger partial charge in [-0.25, -0.2) is 4.79 Å². The van der Waals surface area contributed by atoms with E-state index in [4.69, 9.17) is 21.1 Å². The number of morpholine rings is 1. The van der Waals surface area contributed by atoms with Crippen molar-refractivity contribution >= 4 is 28.9 Å². The average molecular weight is 377 g/mol. The maximum absolute atomic E-state index is 12.8. The highest BCUT2D eigenvalue weighted by atomic mass is 35.5. The summed E-state index contributed by atoms with van der Waals surface area (Å²) in [6.45, 7) is 4.07. The molecule has 0 N–H and O–H groups in total. The molecule has 0 amide bonds. The van der Waals surface area contributed by atoms with Crippen LogP contribution in [0.2, 0.25) is 5.02 Å². The van der Waals surface area contributed by atoms with Crippen LogP contribution in [0.4, 0.5) is 11.4 Å². The molecule has 8 heteroatoms. The molecule has 1 fully saturated rings. The van der Waals surface area contributed by atoms with E-state index in [1.165, 1.54) is 12.1 Å². The molecule has 2 aromatic rings. The third-order valence-corrected chi connectivity index (χ3v) is 4.36. The van der Waals surface area contributed by atoms with E-state index in [9.17, 15) is 14.9 Å². The van der Waals surface area contributed by atoms with Crippen molar-refractivity contribution in [1.82, 2.24) is 0 Å². The first kappa shape index (κ1) is 18.2. The van der Waals surface area contributed by atoms with Gasteiger partial charge in [-0.15, -0.1) is 0 Å². The maximum atomic E-state index is 12.8. The second kappa shape index (κ2) is 7.72. The number of non-ortho nitro benzene ring substituents is 1. The number of rotatable bonds is 4. The highest BCUT2D eigenvalue weighted by Crippen LogP contribution is 2.30. The minimum absolute atomic E-state index is 0.124. The van der Waals surface area contributed by atoms with Crippen LogP contribution in [0.5, 0.6) is 5.75 Å². The molecule has 0 unspecified atom stereocenters. The Bertz CT molecular complexity index is 849. The predicted octanol–water partition coefficient (Wildman–Crippen LogP) is 3.61. The molecule has 7 nitrogen and oxygen atoms in total. The van der Waals surface area contributed by atoms with E-state index >= 15 is 0 Å². The Kier molecular flexibility index (Phi) is 5.39. The minimum atomic E-state index is -0.692. The number of nitro groups is 1. The molecule has 0 aliphatic carbocycles. The van der Waals surface area contributed by atoms with E-state index in [-0.39, 0.29) is 17.0 Å². The quantitative estimate of drug-likeness (QED) is 0.351. The van der Waals surface area contributed by atoms with E-state index in [0.717, 1.165) is 5.56 Å². The molecule has 0 atom stereocenters. The normalized spacial score (nSPS) is 14.2. The number of nitro benzene ring substituents is 1. The van der Waals surface area contributed by atoms with Gasteiger partial charge in [0.1, 0.15) is 5.75 Å². The summed E-state index contributed by atoms with van der Waals surface area (Å²) in [5.41, 5.74) is 1.40. The number of hydrogen-bond donors (Lipinski definition) is 0. The number of halogens is 1. The molecule has 26 heavy (non-hydrogen) atoms. The van der Waals surface area contributed by atoms with E-state index in [0.29, 0.717) is 37.0 Å². The van der Waals surface area contributed by atoms with Gasteiger partial charge in [0.25, 0.3) is 5.69 Å². The van der Waals surface area contributed by atoms with Crippen molar-refractivity contribution in [3.63, 3.8) is 0 Å². The van der Waals surface area contributed by atoms with Crippen LogP contribution in [0.25, 0.3) is 0 Å². The van der Waals surface area contributed by atoms with Crippen molar-refractivity contribution in [1.29, 1.82) is 0 Å². The molecule has 1 saturated heterocycles. The van der Waals surface area contributed by atoms with E-state index in [1.807, 2.05) is 11.8 Å². The van der Waals surface area contributed by atoms with Crippen molar-refractivity contribution in [2.24, 2.45) is 0 Å². The maximum Gasteiger partial charge on any atom is 0.345 e. The van der Waals surface area contributed by atoms with Gasteiger partial charge in [0.2, 0.25) is 0 Å². The molecule has 0 saturated carbocycles. The summed E-state index contributed by atoms with van der Waals surface area (Å²) >= 11 is 6.09. The molecule has 2 aromatic carbocycles. The molecule has 0 radical (unpaired) electrons. The second-order valence-corrected chi connectivity index (χ2v) is 6.29. The molecule has 1 aliphatic rings. The van der Waals surface area contributed by atoms with Crippen LogP contribution in [0, 0.1) is 17.0 Å². The smallest absolute Gasteiger partial charge is 0.345 e. The largest absolute Gasteiger partial charge is 0.421 e. The topological polar surface area (TPSA) is 81.9 Å². The fourth-order valence-corrected chi connectivity index (χ4v) is 2.88. The number of ether oxygens (including phenoxy) is 2. The Balaban J connectivity index is 1.97. The number of anilines is 1. The Morgan fingerprint density at radius 1 is 1.23 bits per heavy atom. The van der Waals surface area contributed by atoms with E-state index in [2.05, 4.69) is 0 Å². The van der Waals surface area contributed by atoms with Gasteiger partial charge in [0, 0.05) is 25.2 Å². The van der Waals surface area contributed by atoms with Crippen LogP contribution in [-0.2, 0) is 4.74 Å². The lowest BCUT2D eigenvalue weighted by atomic mass is 10.1. The summed E-state index contributed by atoms with van der Waals surface area (Å²) in [5.74, 6) is -0.473. The van der Waals surface area contributed by atoms with Crippen molar-refractivity contribution < 1.29 is 19.2 Å². The summed E-state index contributed by atoms with van der Waals surface area (Å²) in [7, 11) is 0. The number of benzene rings is 2. The molecule has 0 aromatic heterocycles. The first-order chi connectivity index (χ1) is 12.5. The second-order valence-electron chi connectivity index (χ2n) is 5.88. The zero-order valence-electron chi connectivity index (χ0n) is 14.1. The minimum Gasteiger partial charge on any atom is -0.421 e. The van der Waals surface area contributed by atoms with Crippen LogP contribution in [0.3, 0.4) is 0 Å². The highest BCUT2D eigenvalue weighted by Gasteiger charge is 2.24. The summed E-state index contributed by atoms with van der Waals surface area (Å²) in [6.07, 6.45) is 0. The molecule has 3 rings (SSSR count). The number of carbonyl (C=O) groups is 1. The Labute approximate surface area is 155 Å². The zero-order chi connectivity index (χ0) is 18.7. The predicted molar refractivity (Wildman–Crippen MR) is 97.3 cm³/mol. The fraction of sp³-hybridized carbons (Fsp3) is 0.278. The number of esters is 1. The van der Waals surface area contributed by atoms with Gasteiger partial charge in [-0.05, 0) is 30.7 Å². The monoisotopic (exact) mass is 376 g/mol.